The lowest BCUT2D eigenvalue weighted by Gasteiger charge is -1.99. The molecule has 0 spiro atoms. The molecule has 0 unspecified atom stereocenters. The van der Waals surface area contributed by atoms with Gasteiger partial charge >= 0.3 is 0 Å². The zero-order valence-corrected chi connectivity index (χ0v) is 15.8. The van der Waals surface area contributed by atoms with Crippen LogP contribution in [0.3, 0.4) is 0 Å². The van der Waals surface area contributed by atoms with E-state index in [1.807, 2.05) is 0 Å². The molecule has 0 aromatic carbocycles. The molecular formula is C15H34N2O8. The highest BCUT2D eigenvalue weighted by Crippen LogP contribution is 1.66. The van der Waals surface area contributed by atoms with Crippen LogP contribution in [0.25, 0.3) is 0 Å². The molecule has 0 aliphatic heterocycles. The average molecular weight is 370 g/mol. The quantitative estimate of drug-likeness (QED) is 0.227. The van der Waals surface area contributed by atoms with Gasteiger partial charge in [0.15, 0.2) is 0 Å². The number of rotatable bonds is 14. The summed E-state index contributed by atoms with van der Waals surface area (Å²) in [6.07, 6.45) is -1.03. The average Bonchev–Trinajstić information content (AvgIpc) is 2.55. The van der Waals surface area contributed by atoms with Crippen LogP contribution in [0, 0.1) is 0 Å². The van der Waals surface area contributed by atoms with E-state index in [2.05, 4.69) is 10.6 Å². The third-order valence-electron chi connectivity index (χ3n) is 2.39. The molecule has 10 nitrogen and oxygen atoms in total. The Morgan fingerprint density at radius 1 is 0.640 bits per heavy atom. The molecule has 0 saturated carbocycles. The molecule has 0 aliphatic carbocycles. The number of methoxy groups -OCH3 is 4. The van der Waals surface area contributed by atoms with Gasteiger partial charge in [-0.3, -0.25) is 0 Å². The van der Waals surface area contributed by atoms with Crippen molar-refractivity contribution in [2.24, 2.45) is 0 Å². The van der Waals surface area contributed by atoms with E-state index < -0.39 is 18.4 Å². The van der Waals surface area contributed by atoms with E-state index >= 15 is 0 Å². The molecule has 0 atom stereocenters. The van der Waals surface area contributed by atoms with Gasteiger partial charge in [-0.15, -0.1) is 0 Å². The van der Waals surface area contributed by atoms with Gasteiger partial charge < -0.3 is 49.4 Å². The van der Waals surface area contributed by atoms with Crippen molar-refractivity contribution in [3.8, 4) is 0 Å². The van der Waals surface area contributed by atoms with Crippen molar-refractivity contribution >= 4 is 11.9 Å². The number of carboxylic acids is 2. The maximum Gasteiger partial charge on any atom is 0.0993 e. The van der Waals surface area contributed by atoms with Crippen LogP contribution in [-0.2, 0) is 28.5 Å². The second-order valence-electron chi connectivity index (χ2n) is 4.62. The molecule has 0 rings (SSSR count). The fraction of sp³-hybridized carbons (Fsp3) is 0.867. The monoisotopic (exact) mass is 370 g/mol. The number of quaternary nitrogens is 2. The smallest absolute Gasteiger partial charge is 0.0993 e. The van der Waals surface area contributed by atoms with Gasteiger partial charge in [-0.2, -0.15) is 0 Å². The number of carbonyl (C=O) groups excluding carboxylic acids is 2. The van der Waals surface area contributed by atoms with Crippen molar-refractivity contribution in [2.75, 3.05) is 81.0 Å². The number of nitrogens with two attached hydrogens (primary N) is 2. The Morgan fingerprint density at radius 3 is 1.00 bits per heavy atom. The molecule has 0 aliphatic rings. The summed E-state index contributed by atoms with van der Waals surface area (Å²) < 4.78 is 19.4. The van der Waals surface area contributed by atoms with Crippen LogP contribution < -0.4 is 20.8 Å². The minimum absolute atomic E-state index is 0.823. The summed E-state index contributed by atoms with van der Waals surface area (Å²) >= 11 is 0. The lowest BCUT2D eigenvalue weighted by Crippen LogP contribution is -2.86. The summed E-state index contributed by atoms with van der Waals surface area (Å²) in [6.45, 7) is 7.40. The lowest BCUT2D eigenvalue weighted by atomic mass is 10.5. The second-order valence-corrected chi connectivity index (χ2v) is 4.62. The summed E-state index contributed by atoms with van der Waals surface area (Å²) in [5.74, 6) is -3.25. The van der Waals surface area contributed by atoms with Crippen molar-refractivity contribution in [3.63, 3.8) is 0 Å². The molecule has 0 heterocycles. The summed E-state index contributed by atoms with van der Waals surface area (Å²) in [6, 6.07) is 0. The van der Waals surface area contributed by atoms with Crippen molar-refractivity contribution in [1.29, 1.82) is 0 Å². The Balaban J connectivity index is -0.000000293. The van der Waals surface area contributed by atoms with Crippen LogP contribution in [0.1, 0.15) is 6.42 Å². The molecule has 10 heteroatoms. The minimum atomic E-state index is -1.63. The van der Waals surface area contributed by atoms with Gasteiger partial charge in [0, 0.05) is 46.8 Å². The van der Waals surface area contributed by atoms with E-state index in [9.17, 15) is 19.8 Å². The topological polar surface area (TPSA) is 150 Å². The highest BCUT2D eigenvalue weighted by atomic mass is 16.5. The summed E-state index contributed by atoms with van der Waals surface area (Å²) in [7, 11) is 6.85. The van der Waals surface area contributed by atoms with Gasteiger partial charge in [0.2, 0.25) is 0 Å². The highest BCUT2D eigenvalue weighted by molar-refractivity contribution is 5.86. The van der Waals surface area contributed by atoms with E-state index in [4.69, 9.17) is 18.9 Å². The Labute approximate surface area is 149 Å². The summed E-state index contributed by atoms with van der Waals surface area (Å²) in [5, 5.41) is 22.9. The first-order valence-corrected chi connectivity index (χ1v) is 7.94. The van der Waals surface area contributed by atoms with Gasteiger partial charge in [0.25, 0.3) is 0 Å². The molecule has 0 bridgehead atoms. The fourth-order valence-corrected chi connectivity index (χ4v) is 1.21. The Kier molecular flexibility index (Phi) is 31.4. The van der Waals surface area contributed by atoms with E-state index in [0.717, 1.165) is 52.6 Å². The van der Waals surface area contributed by atoms with Gasteiger partial charge in [-0.25, -0.2) is 0 Å². The van der Waals surface area contributed by atoms with Crippen LogP contribution in [0.15, 0.2) is 0 Å². The summed E-state index contributed by atoms with van der Waals surface area (Å²) in [5.41, 5.74) is 0. The van der Waals surface area contributed by atoms with Crippen molar-refractivity contribution in [1.82, 2.24) is 0 Å². The first-order chi connectivity index (χ1) is 12.0. The normalized spacial score (nSPS) is 9.44. The van der Waals surface area contributed by atoms with Crippen LogP contribution in [-0.4, -0.2) is 93.0 Å². The SMILES string of the molecule is COCC[NH2+]CCOC.COCC[NH2+]CCOC.O=C([O-])CC(=O)[O-]. The maximum atomic E-state index is 9.28. The zero-order chi connectivity index (χ0) is 19.8. The first kappa shape index (κ1) is 28.5. The van der Waals surface area contributed by atoms with Crippen molar-refractivity contribution < 1.29 is 49.4 Å². The Bertz CT molecular complexity index is 242. The molecule has 0 fully saturated rings. The number of ether oxygens (including phenoxy) is 4. The van der Waals surface area contributed by atoms with Gasteiger partial charge in [0.05, 0.1) is 52.6 Å². The third kappa shape index (κ3) is 45.0. The van der Waals surface area contributed by atoms with Crippen LogP contribution in [0.2, 0.25) is 0 Å². The van der Waals surface area contributed by atoms with E-state index in [1.54, 1.807) is 28.4 Å². The molecule has 4 N–H and O–H groups in total. The van der Waals surface area contributed by atoms with E-state index in [0.29, 0.717) is 0 Å². The summed E-state index contributed by atoms with van der Waals surface area (Å²) in [4.78, 5) is 18.6. The molecule has 25 heavy (non-hydrogen) atoms. The van der Waals surface area contributed by atoms with E-state index in [-0.39, 0.29) is 0 Å². The van der Waals surface area contributed by atoms with Crippen LogP contribution >= 0.6 is 0 Å². The Hall–Kier alpha value is -1.30. The highest BCUT2D eigenvalue weighted by Gasteiger charge is 1.87. The number of carboxylic acid groups (broad SMARTS) is 2. The molecule has 0 aromatic rings. The number of aliphatic carboxylic acids is 2. The molecule has 0 radical (unpaired) electrons. The maximum absolute atomic E-state index is 9.28. The molecule has 0 saturated heterocycles. The first-order valence-electron chi connectivity index (χ1n) is 7.94. The molecule has 152 valence electrons. The third-order valence-corrected chi connectivity index (χ3v) is 2.39. The van der Waals surface area contributed by atoms with Gasteiger partial charge in [0.1, 0.15) is 0 Å². The number of hydrogen-bond acceptors (Lipinski definition) is 8. The lowest BCUT2D eigenvalue weighted by molar-refractivity contribution is -0.657. The van der Waals surface area contributed by atoms with Crippen LogP contribution in [0.5, 0.6) is 0 Å². The minimum Gasteiger partial charge on any atom is -0.550 e. The standard InChI is InChI=1S/2C6H15NO2.C3H4O4/c2*1-8-5-3-7-4-6-9-2;4-2(5)1-3(6)7/h2*7H,3-6H2,1-2H3;1H2,(H,4,5)(H,6,7). The van der Waals surface area contributed by atoms with E-state index in [1.165, 1.54) is 0 Å². The van der Waals surface area contributed by atoms with Crippen molar-refractivity contribution in [2.45, 2.75) is 6.42 Å². The number of hydrogen-bond donors (Lipinski definition) is 2. The van der Waals surface area contributed by atoms with Gasteiger partial charge in [-0.05, 0) is 0 Å². The predicted octanol–water partition coefficient (Wildman–Crippen LogP) is -5.44. The predicted molar refractivity (Wildman–Crippen MR) is 85.5 cm³/mol. The van der Waals surface area contributed by atoms with Gasteiger partial charge in [-0.1, -0.05) is 0 Å². The largest absolute Gasteiger partial charge is 0.550 e. The van der Waals surface area contributed by atoms with Crippen molar-refractivity contribution in [3.05, 3.63) is 0 Å². The second kappa shape index (κ2) is 27.5. The number of carbonyl (C=O) groups is 2. The molecule has 0 aromatic heterocycles. The fourth-order valence-electron chi connectivity index (χ4n) is 1.21. The Morgan fingerprint density at radius 2 is 0.880 bits per heavy atom. The zero-order valence-electron chi connectivity index (χ0n) is 15.8. The molecule has 0 amide bonds. The molecular weight excluding hydrogens is 336 g/mol. The van der Waals surface area contributed by atoms with Crippen LogP contribution in [0.4, 0.5) is 0 Å².